The van der Waals surface area contributed by atoms with Gasteiger partial charge in [-0.05, 0) is 32.6 Å². The average Bonchev–Trinajstić information content (AvgIpc) is 2.97. The number of ether oxygens (including phenoxy) is 1. The zero-order valence-electron chi connectivity index (χ0n) is 12.0. The second-order valence-corrected chi connectivity index (χ2v) is 5.79. The summed E-state index contributed by atoms with van der Waals surface area (Å²) in [5.41, 5.74) is 0.956. The van der Waals surface area contributed by atoms with Crippen LogP contribution in [0.5, 0.6) is 0 Å². The Morgan fingerprint density at radius 2 is 2.20 bits per heavy atom. The monoisotopic (exact) mass is 277 g/mol. The summed E-state index contributed by atoms with van der Waals surface area (Å²) >= 11 is 0. The summed E-state index contributed by atoms with van der Waals surface area (Å²) < 4.78 is 7.39. The van der Waals surface area contributed by atoms with Crippen LogP contribution >= 0.6 is 0 Å². The lowest BCUT2D eigenvalue weighted by Gasteiger charge is -2.22. The number of aromatic nitrogens is 2. The highest BCUT2D eigenvalue weighted by Crippen LogP contribution is 2.37. The van der Waals surface area contributed by atoms with Crippen molar-refractivity contribution in [3.05, 3.63) is 18.2 Å². The lowest BCUT2D eigenvalue weighted by Crippen LogP contribution is -2.37. The molecular weight excluding hydrogens is 254 g/mol. The predicted molar refractivity (Wildman–Crippen MR) is 75.3 cm³/mol. The fourth-order valence-corrected chi connectivity index (χ4v) is 3.02. The van der Waals surface area contributed by atoms with Gasteiger partial charge in [0.1, 0.15) is 6.04 Å². The van der Waals surface area contributed by atoms with Crippen molar-refractivity contribution in [3.8, 4) is 0 Å². The lowest BCUT2D eigenvalue weighted by molar-refractivity contribution is -0.146. The molecule has 0 amide bonds. The van der Waals surface area contributed by atoms with E-state index < -0.39 is 0 Å². The van der Waals surface area contributed by atoms with E-state index in [4.69, 9.17) is 4.74 Å². The summed E-state index contributed by atoms with van der Waals surface area (Å²) in [4.78, 5) is 16.5. The van der Waals surface area contributed by atoms with E-state index in [1.54, 1.807) is 0 Å². The van der Waals surface area contributed by atoms with Crippen LogP contribution in [0.4, 0.5) is 0 Å². The number of hydrogen-bond acceptors (Lipinski definition) is 4. The maximum atomic E-state index is 12.3. The number of nitrogens with zero attached hydrogens (tertiary/aromatic N) is 2. The molecule has 1 atom stereocenters. The minimum atomic E-state index is -0.374. The molecule has 1 aromatic rings. The van der Waals surface area contributed by atoms with Gasteiger partial charge in [0.25, 0.3) is 0 Å². The van der Waals surface area contributed by atoms with Crippen molar-refractivity contribution in [2.75, 3.05) is 6.61 Å². The molecule has 2 saturated carbocycles. The van der Waals surface area contributed by atoms with Crippen LogP contribution in [0.2, 0.25) is 0 Å². The number of imidazole rings is 1. The van der Waals surface area contributed by atoms with Crippen LogP contribution in [0.1, 0.15) is 63.2 Å². The molecule has 1 aromatic heterocycles. The Balaban J connectivity index is 1.79. The van der Waals surface area contributed by atoms with Gasteiger partial charge in [0.2, 0.25) is 0 Å². The van der Waals surface area contributed by atoms with Gasteiger partial charge in [-0.2, -0.15) is 0 Å². The highest BCUT2D eigenvalue weighted by atomic mass is 16.5. The molecule has 0 bridgehead atoms. The average molecular weight is 277 g/mol. The van der Waals surface area contributed by atoms with Gasteiger partial charge in [0.15, 0.2) is 0 Å². The fraction of sp³-hybridized carbons (Fsp3) is 0.733. The van der Waals surface area contributed by atoms with Crippen LogP contribution in [0.25, 0.3) is 0 Å². The van der Waals surface area contributed by atoms with E-state index in [9.17, 15) is 4.79 Å². The molecule has 3 rings (SSSR count). The summed E-state index contributed by atoms with van der Waals surface area (Å²) in [5.74, 6) is -0.179. The van der Waals surface area contributed by atoms with E-state index in [1.165, 1.54) is 25.7 Å². The number of nitrogens with one attached hydrogen (secondary N) is 1. The summed E-state index contributed by atoms with van der Waals surface area (Å²) in [6.07, 6.45) is 10.8. The van der Waals surface area contributed by atoms with Crippen molar-refractivity contribution in [3.63, 3.8) is 0 Å². The van der Waals surface area contributed by atoms with Gasteiger partial charge in [0, 0.05) is 12.1 Å². The maximum Gasteiger partial charge on any atom is 0.329 e. The highest BCUT2D eigenvalue weighted by molar-refractivity contribution is 5.77. The topological polar surface area (TPSA) is 56.1 Å². The van der Waals surface area contributed by atoms with Gasteiger partial charge in [-0.25, -0.2) is 9.78 Å². The summed E-state index contributed by atoms with van der Waals surface area (Å²) in [6.45, 7) is 2.27. The molecule has 5 heteroatoms. The largest absolute Gasteiger partial charge is 0.465 e. The number of esters is 1. The normalized spacial score (nSPS) is 21.1. The van der Waals surface area contributed by atoms with Crippen LogP contribution in [-0.4, -0.2) is 28.2 Å². The van der Waals surface area contributed by atoms with Crippen LogP contribution in [0.15, 0.2) is 12.5 Å². The smallest absolute Gasteiger partial charge is 0.329 e. The summed E-state index contributed by atoms with van der Waals surface area (Å²) in [5, 5.41) is 3.49. The number of carbonyl (C=O) groups excluding carboxylic acids is 1. The van der Waals surface area contributed by atoms with Crippen molar-refractivity contribution in [2.45, 2.75) is 63.6 Å². The summed E-state index contributed by atoms with van der Waals surface area (Å²) in [6, 6.07) is 0.572. The molecule has 2 aliphatic carbocycles. The first-order chi connectivity index (χ1) is 9.79. The van der Waals surface area contributed by atoms with Gasteiger partial charge < -0.3 is 9.30 Å². The first-order valence-corrected chi connectivity index (χ1v) is 7.74. The third-order valence-corrected chi connectivity index (χ3v) is 4.21. The Hall–Kier alpha value is -1.36. The van der Waals surface area contributed by atoms with Gasteiger partial charge in [0.05, 0.1) is 24.8 Å². The molecule has 0 radical (unpaired) electrons. The van der Waals surface area contributed by atoms with Gasteiger partial charge >= 0.3 is 5.97 Å². The third-order valence-electron chi connectivity index (χ3n) is 4.21. The Bertz CT molecular complexity index is 461. The standard InChI is InChI=1S/C15H23N3O2/c1-2-20-15(19)14(17-11-5-3-4-6-11)13-9-16-10-18(13)12-7-8-12/h9-12,14,17H,2-8H2,1H3. The first-order valence-electron chi connectivity index (χ1n) is 7.74. The van der Waals surface area contributed by atoms with Crippen molar-refractivity contribution < 1.29 is 9.53 Å². The second kappa shape index (κ2) is 5.95. The van der Waals surface area contributed by atoms with Crippen molar-refractivity contribution in [1.29, 1.82) is 0 Å². The number of hydrogen-bond donors (Lipinski definition) is 1. The van der Waals surface area contributed by atoms with E-state index >= 15 is 0 Å². The molecule has 0 aromatic carbocycles. The van der Waals surface area contributed by atoms with E-state index in [0.29, 0.717) is 18.7 Å². The Labute approximate surface area is 119 Å². The molecule has 1 unspecified atom stereocenters. The summed E-state index contributed by atoms with van der Waals surface area (Å²) in [7, 11) is 0. The SMILES string of the molecule is CCOC(=O)C(NC1CCCC1)c1cncn1C1CC1. The van der Waals surface area contributed by atoms with E-state index in [2.05, 4.69) is 14.9 Å². The van der Waals surface area contributed by atoms with E-state index in [0.717, 1.165) is 18.5 Å². The second-order valence-electron chi connectivity index (χ2n) is 5.79. The third kappa shape index (κ3) is 2.87. The first kappa shape index (κ1) is 13.6. The van der Waals surface area contributed by atoms with Crippen LogP contribution in [-0.2, 0) is 9.53 Å². The Morgan fingerprint density at radius 3 is 2.85 bits per heavy atom. The van der Waals surface area contributed by atoms with Crippen molar-refractivity contribution in [2.24, 2.45) is 0 Å². The van der Waals surface area contributed by atoms with Gasteiger partial charge in [-0.3, -0.25) is 5.32 Å². The minimum Gasteiger partial charge on any atom is -0.465 e. The van der Waals surface area contributed by atoms with Crippen molar-refractivity contribution in [1.82, 2.24) is 14.9 Å². The van der Waals surface area contributed by atoms with Crippen molar-refractivity contribution >= 4 is 5.97 Å². The zero-order chi connectivity index (χ0) is 13.9. The minimum absolute atomic E-state index is 0.179. The predicted octanol–water partition coefficient (Wildman–Crippen LogP) is 2.35. The maximum absolute atomic E-state index is 12.3. The molecule has 2 fully saturated rings. The van der Waals surface area contributed by atoms with E-state index in [-0.39, 0.29) is 12.0 Å². The highest BCUT2D eigenvalue weighted by Gasteiger charge is 2.33. The molecule has 0 spiro atoms. The number of rotatable bonds is 6. The van der Waals surface area contributed by atoms with E-state index in [1.807, 2.05) is 19.4 Å². The molecule has 1 N–H and O–H groups in total. The van der Waals surface area contributed by atoms with Crippen LogP contribution in [0, 0.1) is 0 Å². The molecule has 2 aliphatic rings. The Kier molecular flexibility index (Phi) is 4.05. The van der Waals surface area contributed by atoms with Gasteiger partial charge in [-0.1, -0.05) is 12.8 Å². The quantitative estimate of drug-likeness (QED) is 0.811. The number of carbonyl (C=O) groups is 1. The van der Waals surface area contributed by atoms with Crippen LogP contribution < -0.4 is 5.32 Å². The molecule has 20 heavy (non-hydrogen) atoms. The molecule has 110 valence electrons. The molecular formula is C15H23N3O2. The molecule has 0 aliphatic heterocycles. The molecule has 5 nitrogen and oxygen atoms in total. The lowest BCUT2D eigenvalue weighted by atomic mass is 10.1. The molecule has 1 heterocycles. The Morgan fingerprint density at radius 1 is 1.45 bits per heavy atom. The fourth-order valence-electron chi connectivity index (χ4n) is 3.02. The van der Waals surface area contributed by atoms with Crippen LogP contribution in [0.3, 0.4) is 0 Å². The van der Waals surface area contributed by atoms with Gasteiger partial charge in [-0.15, -0.1) is 0 Å². The zero-order valence-corrected chi connectivity index (χ0v) is 12.0. The molecule has 0 saturated heterocycles.